The minimum absolute atomic E-state index is 0.0537. The summed E-state index contributed by atoms with van der Waals surface area (Å²) in [5, 5.41) is 20.8. The Kier molecular flexibility index (Phi) is 12.2. The summed E-state index contributed by atoms with van der Waals surface area (Å²) in [6.45, 7) is 9.65. The molecule has 2 saturated carbocycles. The molecule has 4 rings (SSSR count). The van der Waals surface area contributed by atoms with Gasteiger partial charge in [-0.05, 0) is 84.1 Å². The number of aliphatic hydroxyl groups excluding tert-OH is 1. The van der Waals surface area contributed by atoms with Crippen LogP contribution < -0.4 is 16.0 Å². The van der Waals surface area contributed by atoms with Crippen molar-refractivity contribution in [2.45, 2.75) is 133 Å². The molecule has 3 fully saturated rings. The van der Waals surface area contributed by atoms with E-state index in [0.717, 1.165) is 50.3 Å². The number of benzene rings is 1. The highest BCUT2D eigenvalue weighted by atomic mass is 32.2. The maximum Gasteiger partial charge on any atom is 0.244 e. The van der Waals surface area contributed by atoms with Crippen LogP contribution in [0.5, 0.6) is 0 Å². The van der Waals surface area contributed by atoms with Crippen molar-refractivity contribution in [2.24, 2.45) is 17.8 Å². The summed E-state index contributed by atoms with van der Waals surface area (Å²) < 4.78 is 24.3. The van der Waals surface area contributed by atoms with Crippen molar-refractivity contribution in [2.75, 3.05) is 19.3 Å². The summed E-state index contributed by atoms with van der Waals surface area (Å²) in [5.74, 6) is -0.368. The van der Waals surface area contributed by atoms with Crippen molar-refractivity contribution in [1.82, 2.24) is 20.9 Å². The van der Waals surface area contributed by atoms with Crippen LogP contribution in [0.15, 0.2) is 30.3 Å². The van der Waals surface area contributed by atoms with Crippen LogP contribution in [0.3, 0.4) is 0 Å². The van der Waals surface area contributed by atoms with Gasteiger partial charge < -0.3 is 21.1 Å². The number of piperidine rings is 1. The first-order valence-electron chi connectivity index (χ1n) is 17.5. The molecule has 11 heteroatoms. The lowest BCUT2D eigenvalue weighted by molar-refractivity contribution is -0.134. The number of β-amino-alcohol motifs (C(OH)–C–C–N with tert-alkyl or cyclic N) is 1. The standard InChI is InChI=1S/C36H58N4O6S/c1-35(2,3)39-33(43)29-21-26-18-12-13-19-27(26)22-40(29)23-30(41)28(20-24-14-8-7-9-15-24)37-34(44)31(36(4,5)47(6,45)46)38-32(42)25-16-10-11-17-25/h7-9,14-15,25-31,41H,10-13,16-23H2,1-6H3,(H,37,44)(H,38,42)(H,39,43)/t26?,27?,28-,29-,30+,31+/m0/s1. The number of rotatable bonds is 12. The van der Waals surface area contributed by atoms with Crippen molar-refractivity contribution in [1.29, 1.82) is 0 Å². The van der Waals surface area contributed by atoms with Gasteiger partial charge in [-0.1, -0.05) is 62.4 Å². The van der Waals surface area contributed by atoms with Crippen LogP contribution in [0.2, 0.25) is 0 Å². The maximum absolute atomic E-state index is 14.1. The summed E-state index contributed by atoms with van der Waals surface area (Å²) in [6, 6.07) is 6.93. The number of sulfone groups is 1. The zero-order chi connectivity index (χ0) is 34.6. The van der Waals surface area contributed by atoms with E-state index in [-0.39, 0.29) is 30.7 Å². The Morgan fingerprint density at radius 2 is 1.49 bits per heavy atom. The Morgan fingerprint density at radius 1 is 0.894 bits per heavy atom. The third-order valence-electron chi connectivity index (χ3n) is 10.7. The maximum atomic E-state index is 14.1. The topological polar surface area (TPSA) is 145 Å². The number of nitrogens with one attached hydrogen (secondary N) is 3. The van der Waals surface area contributed by atoms with Gasteiger partial charge in [0.2, 0.25) is 17.7 Å². The third-order valence-corrected chi connectivity index (χ3v) is 12.9. The van der Waals surface area contributed by atoms with E-state index >= 15 is 0 Å². The average molecular weight is 675 g/mol. The molecular formula is C36H58N4O6S. The number of hydrogen-bond donors (Lipinski definition) is 4. The van der Waals surface area contributed by atoms with E-state index in [9.17, 15) is 27.9 Å². The van der Waals surface area contributed by atoms with E-state index in [2.05, 4.69) is 20.9 Å². The minimum Gasteiger partial charge on any atom is -0.390 e. The Hall–Kier alpha value is -2.50. The van der Waals surface area contributed by atoms with E-state index < -0.39 is 50.3 Å². The summed E-state index contributed by atoms with van der Waals surface area (Å²) in [7, 11) is -3.79. The summed E-state index contributed by atoms with van der Waals surface area (Å²) in [5.41, 5.74) is 0.484. The molecule has 1 aromatic rings. The van der Waals surface area contributed by atoms with Crippen LogP contribution in [0.4, 0.5) is 0 Å². The largest absolute Gasteiger partial charge is 0.390 e. The molecule has 0 bridgehead atoms. The van der Waals surface area contributed by atoms with Crippen molar-refractivity contribution in [3.63, 3.8) is 0 Å². The molecule has 0 aromatic heterocycles. The minimum atomic E-state index is -3.79. The van der Waals surface area contributed by atoms with E-state index in [4.69, 9.17) is 0 Å². The molecule has 3 aliphatic rings. The normalized spacial score (nSPS) is 24.9. The fourth-order valence-electron chi connectivity index (χ4n) is 7.63. The second kappa shape index (κ2) is 15.4. The number of aliphatic hydroxyl groups is 1. The molecule has 1 heterocycles. The number of carbonyl (C=O) groups excluding carboxylic acids is 3. The van der Waals surface area contributed by atoms with E-state index in [1.165, 1.54) is 20.3 Å². The molecule has 4 N–H and O–H groups in total. The molecule has 1 saturated heterocycles. The smallest absolute Gasteiger partial charge is 0.244 e. The first kappa shape index (κ1) is 37.3. The fraction of sp³-hybridized carbons (Fsp3) is 0.750. The fourth-order valence-corrected chi connectivity index (χ4v) is 8.22. The molecule has 3 amide bonds. The molecule has 2 aliphatic carbocycles. The Morgan fingerprint density at radius 3 is 2.09 bits per heavy atom. The van der Waals surface area contributed by atoms with Gasteiger partial charge in [0.05, 0.1) is 22.9 Å². The zero-order valence-corrected chi connectivity index (χ0v) is 30.1. The molecule has 6 atom stereocenters. The van der Waals surface area contributed by atoms with Gasteiger partial charge in [0.15, 0.2) is 9.84 Å². The van der Waals surface area contributed by atoms with Crippen LogP contribution in [0.25, 0.3) is 0 Å². The van der Waals surface area contributed by atoms with Crippen molar-refractivity contribution in [3.05, 3.63) is 35.9 Å². The molecule has 0 spiro atoms. The van der Waals surface area contributed by atoms with Gasteiger partial charge in [-0.15, -0.1) is 0 Å². The van der Waals surface area contributed by atoms with Gasteiger partial charge in [-0.25, -0.2) is 8.42 Å². The van der Waals surface area contributed by atoms with Crippen LogP contribution in [-0.4, -0.2) is 90.0 Å². The lowest BCUT2D eigenvalue weighted by Crippen LogP contribution is -2.64. The average Bonchev–Trinajstić information content (AvgIpc) is 3.53. The lowest BCUT2D eigenvalue weighted by Gasteiger charge is -2.47. The number of carbonyl (C=O) groups is 3. The van der Waals surface area contributed by atoms with Crippen LogP contribution in [0, 0.1) is 17.8 Å². The SMILES string of the molecule is CC(C)(C)NC(=O)[C@@H]1CC2CCCCC2CN1C[C@@H](O)[C@H](Cc1ccccc1)NC(=O)[C@@H](NC(=O)C1CCCC1)C(C)(C)S(C)(=O)=O. The molecule has 1 aromatic carbocycles. The number of likely N-dealkylation sites (tertiary alicyclic amines) is 1. The molecule has 10 nitrogen and oxygen atoms in total. The van der Waals surface area contributed by atoms with Gasteiger partial charge >= 0.3 is 0 Å². The summed E-state index contributed by atoms with van der Waals surface area (Å²) in [4.78, 5) is 43.1. The Balaban J connectivity index is 1.60. The lowest BCUT2D eigenvalue weighted by atomic mass is 9.72. The summed E-state index contributed by atoms with van der Waals surface area (Å²) >= 11 is 0. The third kappa shape index (κ3) is 9.79. The molecule has 1 aliphatic heterocycles. The number of fused-ring (bicyclic) bond motifs is 1. The second-order valence-corrected chi connectivity index (χ2v) is 18.5. The van der Waals surface area contributed by atoms with Crippen LogP contribution in [0.1, 0.15) is 98.0 Å². The van der Waals surface area contributed by atoms with Crippen molar-refractivity contribution >= 4 is 27.6 Å². The quantitative estimate of drug-likeness (QED) is 0.266. The molecule has 0 radical (unpaired) electrons. The van der Waals surface area contributed by atoms with Gasteiger partial charge in [0, 0.05) is 30.8 Å². The van der Waals surface area contributed by atoms with Crippen LogP contribution in [-0.2, 0) is 30.6 Å². The van der Waals surface area contributed by atoms with E-state index in [0.29, 0.717) is 31.2 Å². The highest BCUT2D eigenvalue weighted by Gasteiger charge is 2.47. The van der Waals surface area contributed by atoms with Crippen molar-refractivity contribution < 1.29 is 27.9 Å². The highest BCUT2D eigenvalue weighted by Crippen LogP contribution is 2.39. The van der Waals surface area contributed by atoms with Gasteiger partial charge in [-0.2, -0.15) is 0 Å². The van der Waals surface area contributed by atoms with Crippen LogP contribution >= 0.6 is 0 Å². The molecular weight excluding hydrogens is 616 g/mol. The second-order valence-electron chi connectivity index (χ2n) is 15.9. The Labute approximate surface area is 282 Å². The van der Waals surface area contributed by atoms with E-state index in [1.807, 2.05) is 51.1 Å². The number of amides is 3. The predicted octanol–water partition coefficient (Wildman–Crippen LogP) is 3.37. The van der Waals surface area contributed by atoms with Gasteiger partial charge in [0.25, 0.3) is 0 Å². The number of hydrogen-bond acceptors (Lipinski definition) is 7. The van der Waals surface area contributed by atoms with Gasteiger partial charge in [0.1, 0.15) is 6.04 Å². The van der Waals surface area contributed by atoms with Gasteiger partial charge in [-0.3, -0.25) is 19.3 Å². The monoisotopic (exact) mass is 674 g/mol. The molecule has 264 valence electrons. The molecule has 47 heavy (non-hydrogen) atoms. The first-order valence-corrected chi connectivity index (χ1v) is 19.4. The van der Waals surface area contributed by atoms with E-state index in [1.54, 1.807) is 0 Å². The Bertz CT molecular complexity index is 1340. The zero-order valence-electron chi connectivity index (χ0n) is 29.3. The first-order chi connectivity index (χ1) is 22.0. The number of nitrogens with zero attached hydrogens (tertiary/aromatic N) is 1. The molecule has 2 unspecified atom stereocenters. The highest BCUT2D eigenvalue weighted by molar-refractivity contribution is 7.92. The summed E-state index contributed by atoms with van der Waals surface area (Å²) in [6.07, 6.45) is 8.80. The van der Waals surface area contributed by atoms with Crippen molar-refractivity contribution in [3.8, 4) is 0 Å². The predicted molar refractivity (Wildman–Crippen MR) is 184 cm³/mol.